The second kappa shape index (κ2) is 6.12. The molecular formula is C13H15N3O3. The fourth-order valence-corrected chi connectivity index (χ4v) is 1.75. The molecule has 2 rings (SSSR count). The Balaban J connectivity index is 1.84. The Morgan fingerprint density at radius 2 is 2.00 bits per heavy atom. The van der Waals surface area contributed by atoms with E-state index in [0.717, 1.165) is 5.56 Å². The molecule has 0 bridgehead atoms. The molecule has 0 saturated carbocycles. The number of carbonyl (C=O) groups is 1. The molecule has 1 aromatic heterocycles. The summed E-state index contributed by atoms with van der Waals surface area (Å²) in [5, 5.41) is 17.4. The Kier molecular flexibility index (Phi) is 4.27. The number of ketones is 1. The van der Waals surface area contributed by atoms with Crippen LogP contribution in [0.4, 0.5) is 5.82 Å². The van der Waals surface area contributed by atoms with Crippen LogP contribution in [0.3, 0.4) is 0 Å². The number of aromatic nitrogens is 2. The number of hydrogen-bond acceptors (Lipinski definition) is 5. The minimum absolute atomic E-state index is 0.0177. The molecule has 0 unspecified atom stereocenters. The Hall–Kier alpha value is -2.18. The fourth-order valence-electron chi connectivity index (χ4n) is 1.75. The first-order valence-corrected chi connectivity index (χ1v) is 5.90. The van der Waals surface area contributed by atoms with Crippen molar-refractivity contribution in [2.24, 2.45) is 0 Å². The second-order valence-electron chi connectivity index (χ2n) is 4.22. The summed E-state index contributed by atoms with van der Waals surface area (Å²) in [5.41, 5.74) is 1.12. The van der Waals surface area contributed by atoms with Crippen molar-refractivity contribution in [1.29, 1.82) is 0 Å². The molecule has 0 fully saturated rings. The maximum absolute atomic E-state index is 11.8. The summed E-state index contributed by atoms with van der Waals surface area (Å²) in [6.45, 7) is 0.174. The zero-order valence-electron chi connectivity index (χ0n) is 10.3. The number of anilines is 1. The van der Waals surface area contributed by atoms with E-state index >= 15 is 0 Å². The zero-order valence-corrected chi connectivity index (χ0v) is 10.3. The standard InChI is InChI=1S/C13H15N3O3/c17-12(7-6-11-4-2-1-3-5-11)8-15-9-13(14-10-15)16(18)19/h1-5,9-10,18-19H,6-8H2. The van der Waals surface area contributed by atoms with E-state index in [4.69, 9.17) is 10.4 Å². The highest BCUT2D eigenvalue weighted by Gasteiger charge is 2.07. The molecule has 19 heavy (non-hydrogen) atoms. The van der Waals surface area contributed by atoms with E-state index in [2.05, 4.69) is 4.98 Å². The van der Waals surface area contributed by atoms with Crippen LogP contribution >= 0.6 is 0 Å². The normalized spacial score (nSPS) is 10.4. The van der Waals surface area contributed by atoms with Crippen LogP contribution in [0.25, 0.3) is 0 Å². The second-order valence-corrected chi connectivity index (χ2v) is 4.22. The highest BCUT2D eigenvalue weighted by molar-refractivity contribution is 5.78. The summed E-state index contributed by atoms with van der Waals surface area (Å²) >= 11 is 0. The van der Waals surface area contributed by atoms with Crippen molar-refractivity contribution in [3.63, 3.8) is 0 Å². The summed E-state index contributed by atoms with van der Waals surface area (Å²) in [5.74, 6) is 0.0473. The molecule has 1 aromatic carbocycles. The molecule has 6 nitrogen and oxygen atoms in total. The number of carbonyl (C=O) groups excluding carboxylic acids is 1. The number of rotatable bonds is 6. The van der Waals surface area contributed by atoms with E-state index in [-0.39, 0.29) is 23.4 Å². The monoisotopic (exact) mass is 261 g/mol. The lowest BCUT2D eigenvalue weighted by atomic mass is 10.1. The minimum atomic E-state index is -0.0784. The van der Waals surface area contributed by atoms with Gasteiger partial charge in [-0.1, -0.05) is 30.3 Å². The van der Waals surface area contributed by atoms with Crippen molar-refractivity contribution < 1.29 is 15.2 Å². The smallest absolute Gasteiger partial charge is 0.200 e. The lowest BCUT2D eigenvalue weighted by molar-refractivity contribution is -0.119. The summed E-state index contributed by atoms with van der Waals surface area (Å²) in [7, 11) is 0. The quantitative estimate of drug-likeness (QED) is 0.773. The van der Waals surface area contributed by atoms with Crippen LogP contribution in [0.15, 0.2) is 42.9 Å². The predicted molar refractivity (Wildman–Crippen MR) is 68.0 cm³/mol. The van der Waals surface area contributed by atoms with Crippen molar-refractivity contribution in [1.82, 2.24) is 9.55 Å². The maximum atomic E-state index is 11.8. The number of hydrogen-bond donors (Lipinski definition) is 2. The molecule has 2 N–H and O–H groups in total. The van der Waals surface area contributed by atoms with Crippen molar-refractivity contribution in [2.45, 2.75) is 19.4 Å². The van der Waals surface area contributed by atoms with Gasteiger partial charge in [0, 0.05) is 6.42 Å². The molecule has 0 atom stereocenters. The first kappa shape index (κ1) is 13.3. The van der Waals surface area contributed by atoms with Gasteiger partial charge in [0.05, 0.1) is 19.1 Å². The third-order valence-corrected chi connectivity index (χ3v) is 2.72. The third-order valence-electron chi connectivity index (χ3n) is 2.72. The fraction of sp³-hybridized carbons (Fsp3) is 0.231. The van der Waals surface area contributed by atoms with Crippen LogP contribution in [-0.4, -0.2) is 25.7 Å². The van der Waals surface area contributed by atoms with Gasteiger partial charge in [-0.2, -0.15) is 0 Å². The molecule has 0 aliphatic heterocycles. The van der Waals surface area contributed by atoms with Gasteiger partial charge in [-0.15, -0.1) is 5.23 Å². The van der Waals surface area contributed by atoms with Gasteiger partial charge < -0.3 is 4.57 Å². The van der Waals surface area contributed by atoms with E-state index in [1.165, 1.54) is 17.1 Å². The molecule has 0 aliphatic carbocycles. The van der Waals surface area contributed by atoms with Gasteiger partial charge >= 0.3 is 0 Å². The highest BCUT2D eigenvalue weighted by atomic mass is 16.8. The summed E-state index contributed by atoms with van der Waals surface area (Å²) in [4.78, 5) is 15.5. The van der Waals surface area contributed by atoms with Gasteiger partial charge in [-0.3, -0.25) is 15.2 Å². The lowest BCUT2D eigenvalue weighted by Gasteiger charge is -2.03. The van der Waals surface area contributed by atoms with Gasteiger partial charge in [-0.25, -0.2) is 4.98 Å². The number of Topliss-reactive ketones (excluding diaryl/α,β-unsaturated/α-hetero) is 1. The number of aryl methyl sites for hydroxylation is 1. The molecule has 100 valence electrons. The summed E-state index contributed by atoms with van der Waals surface area (Å²) in [6.07, 6.45) is 3.92. The van der Waals surface area contributed by atoms with Crippen LogP contribution in [0.2, 0.25) is 0 Å². The summed E-state index contributed by atoms with van der Waals surface area (Å²) in [6, 6.07) is 9.79. The Labute approximate surface area is 110 Å². The Bertz CT molecular complexity index is 537. The van der Waals surface area contributed by atoms with Crippen LogP contribution in [-0.2, 0) is 17.8 Å². The van der Waals surface area contributed by atoms with Crippen LogP contribution < -0.4 is 5.23 Å². The average molecular weight is 261 g/mol. The molecule has 6 heteroatoms. The van der Waals surface area contributed by atoms with Crippen molar-refractivity contribution >= 4 is 11.6 Å². The SMILES string of the molecule is O=C(CCc1ccccc1)Cn1cnc(N(O)O)c1. The topological polar surface area (TPSA) is 78.6 Å². The predicted octanol–water partition coefficient (Wildman–Crippen LogP) is 1.67. The molecule has 2 aromatic rings. The summed E-state index contributed by atoms with van der Waals surface area (Å²) < 4.78 is 1.52. The van der Waals surface area contributed by atoms with Crippen LogP contribution in [0, 0.1) is 0 Å². The largest absolute Gasteiger partial charge is 0.328 e. The molecule has 1 heterocycles. The molecule has 0 amide bonds. The van der Waals surface area contributed by atoms with Crippen molar-refractivity contribution in [3.05, 3.63) is 48.4 Å². The number of imidazole rings is 1. The Morgan fingerprint density at radius 1 is 1.26 bits per heavy atom. The number of nitrogens with zero attached hydrogens (tertiary/aromatic N) is 3. The van der Waals surface area contributed by atoms with Gasteiger partial charge in [0.25, 0.3) is 0 Å². The molecular weight excluding hydrogens is 246 g/mol. The van der Waals surface area contributed by atoms with Crippen molar-refractivity contribution in [3.8, 4) is 0 Å². The average Bonchev–Trinajstić information content (AvgIpc) is 2.86. The van der Waals surface area contributed by atoms with Gasteiger partial charge in [-0.05, 0) is 12.0 Å². The van der Waals surface area contributed by atoms with Gasteiger partial charge in [0.15, 0.2) is 5.78 Å². The van der Waals surface area contributed by atoms with E-state index in [0.29, 0.717) is 12.8 Å². The molecule has 0 saturated heterocycles. The molecule has 0 radical (unpaired) electrons. The Morgan fingerprint density at radius 3 is 2.63 bits per heavy atom. The van der Waals surface area contributed by atoms with Crippen LogP contribution in [0.1, 0.15) is 12.0 Å². The van der Waals surface area contributed by atoms with Crippen LogP contribution in [0.5, 0.6) is 0 Å². The zero-order chi connectivity index (χ0) is 13.7. The third kappa shape index (κ3) is 3.90. The number of benzene rings is 1. The van der Waals surface area contributed by atoms with E-state index in [1.54, 1.807) is 0 Å². The first-order valence-electron chi connectivity index (χ1n) is 5.90. The van der Waals surface area contributed by atoms with E-state index in [9.17, 15) is 4.79 Å². The van der Waals surface area contributed by atoms with Gasteiger partial charge in [0.1, 0.15) is 0 Å². The molecule has 0 spiro atoms. The van der Waals surface area contributed by atoms with Gasteiger partial charge in [0.2, 0.25) is 5.82 Å². The van der Waals surface area contributed by atoms with E-state index < -0.39 is 0 Å². The first-order chi connectivity index (χ1) is 9.15. The molecule has 0 aliphatic rings. The maximum Gasteiger partial charge on any atom is 0.200 e. The lowest BCUT2D eigenvalue weighted by Crippen LogP contribution is -2.12. The highest BCUT2D eigenvalue weighted by Crippen LogP contribution is 2.07. The van der Waals surface area contributed by atoms with Crippen molar-refractivity contribution in [2.75, 3.05) is 5.23 Å². The minimum Gasteiger partial charge on any atom is -0.328 e. The van der Waals surface area contributed by atoms with E-state index in [1.807, 2.05) is 30.3 Å².